The van der Waals surface area contributed by atoms with Crippen LogP contribution in [0.1, 0.15) is 31.9 Å². The number of phenolic OH excluding ortho intramolecular Hbond substituents is 1. The van der Waals surface area contributed by atoms with Crippen LogP contribution in [0.3, 0.4) is 0 Å². The quantitative estimate of drug-likeness (QED) is 0.811. The number of hydrogen-bond acceptors (Lipinski definition) is 3. The van der Waals surface area contributed by atoms with Crippen molar-refractivity contribution in [3.05, 3.63) is 29.8 Å². The van der Waals surface area contributed by atoms with Gasteiger partial charge in [-0.15, -0.1) is 0 Å². The summed E-state index contributed by atoms with van der Waals surface area (Å²) in [6.45, 7) is 5.25. The van der Waals surface area contributed by atoms with Crippen LogP contribution in [0.25, 0.3) is 0 Å². The number of nitrogens with one attached hydrogen (secondary N) is 1. The molecular weight excluding hydrogens is 228 g/mol. The maximum atomic E-state index is 11.5. The highest BCUT2D eigenvalue weighted by Gasteiger charge is 2.19. The Morgan fingerprint density at radius 3 is 2.67 bits per heavy atom. The van der Waals surface area contributed by atoms with Crippen LogP contribution in [-0.4, -0.2) is 36.1 Å². The van der Waals surface area contributed by atoms with Gasteiger partial charge in [-0.25, -0.2) is 0 Å². The van der Waals surface area contributed by atoms with Crippen LogP contribution in [-0.2, 0) is 4.79 Å². The van der Waals surface area contributed by atoms with Gasteiger partial charge < -0.3 is 10.4 Å². The Bertz CT molecular complexity index is 393. The first-order valence-electron chi connectivity index (χ1n) is 6.32. The molecule has 18 heavy (non-hydrogen) atoms. The van der Waals surface area contributed by atoms with E-state index in [2.05, 4.69) is 17.1 Å². The topological polar surface area (TPSA) is 52.6 Å². The van der Waals surface area contributed by atoms with Crippen molar-refractivity contribution in [3.63, 3.8) is 0 Å². The molecule has 1 amide bonds. The van der Waals surface area contributed by atoms with Crippen LogP contribution in [0.15, 0.2) is 24.3 Å². The zero-order chi connectivity index (χ0) is 13.5. The highest BCUT2D eigenvalue weighted by Crippen LogP contribution is 2.27. The number of para-hydroxylation sites is 1. The van der Waals surface area contributed by atoms with Gasteiger partial charge in [-0.05, 0) is 26.0 Å². The summed E-state index contributed by atoms with van der Waals surface area (Å²) in [6.07, 6.45) is 0.967. The zero-order valence-corrected chi connectivity index (χ0v) is 11.3. The summed E-state index contributed by atoms with van der Waals surface area (Å²) in [5.74, 6) is 0.272. The Morgan fingerprint density at radius 1 is 1.44 bits per heavy atom. The van der Waals surface area contributed by atoms with E-state index in [0.29, 0.717) is 6.54 Å². The molecule has 1 unspecified atom stereocenters. The minimum absolute atomic E-state index is 0.00859. The first-order valence-corrected chi connectivity index (χ1v) is 6.32. The predicted octanol–water partition coefficient (Wildman–Crippen LogP) is 1.91. The molecule has 0 radical (unpaired) electrons. The van der Waals surface area contributed by atoms with E-state index < -0.39 is 0 Å². The van der Waals surface area contributed by atoms with Crippen molar-refractivity contribution in [2.45, 2.75) is 26.3 Å². The molecule has 1 aromatic carbocycles. The Balaban J connectivity index is 2.85. The van der Waals surface area contributed by atoms with Gasteiger partial charge in [0.15, 0.2) is 0 Å². The second-order valence-corrected chi connectivity index (χ2v) is 4.38. The number of hydrogen-bond donors (Lipinski definition) is 2. The highest BCUT2D eigenvalue weighted by molar-refractivity contribution is 5.77. The molecule has 2 N–H and O–H groups in total. The van der Waals surface area contributed by atoms with Crippen molar-refractivity contribution in [1.29, 1.82) is 0 Å². The Kier molecular flexibility index (Phi) is 5.65. The van der Waals surface area contributed by atoms with Gasteiger partial charge in [0.25, 0.3) is 0 Å². The second-order valence-electron chi connectivity index (χ2n) is 4.38. The molecule has 0 aromatic heterocycles. The molecule has 0 aliphatic carbocycles. The van der Waals surface area contributed by atoms with Crippen molar-refractivity contribution in [1.82, 2.24) is 10.2 Å². The van der Waals surface area contributed by atoms with Crippen molar-refractivity contribution in [2.24, 2.45) is 0 Å². The first-order chi connectivity index (χ1) is 8.60. The lowest BCUT2D eigenvalue weighted by Crippen LogP contribution is -2.37. The summed E-state index contributed by atoms with van der Waals surface area (Å²) in [6, 6.07) is 7.29. The lowest BCUT2D eigenvalue weighted by atomic mass is 10.1. The van der Waals surface area contributed by atoms with E-state index in [9.17, 15) is 9.90 Å². The normalized spacial score (nSPS) is 12.4. The Morgan fingerprint density at radius 2 is 2.11 bits per heavy atom. The highest BCUT2D eigenvalue weighted by atomic mass is 16.3. The molecule has 0 saturated carbocycles. The number of nitrogens with zero attached hydrogens (tertiary/aromatic N) is 1. The van der Waals surface area contributed by atoms with Crippen molar-refractivity contribution in [2.75, 3.05) is 20.1 Å². The van der Waals surface area contributed by atoms with Crippen LogP contribution >= 0.6 is 0 Å². The number of likely N-dealkylation sites (N-methyl/N-ethyl adjacent to an activating group) is 1. The fourth-order valence-electron chi connectivity index (χ4n) is 2.00. The summed E-state index contributed by atoms with van der Waals surface area (Å²) >= 11 is 0. The van der Waals surface area contributed by atoms with Gasteiger partial charge in [0.05, 0.1) is 6.54 Å². The monoisotopic (exact) mass is 250 g/mol. The summed E-state index contributed by atoms with van der Waals surface area (Å²) in [5.41, 5.74) is 0.856. The first kappa shape index (κ1) is 14.5. The van der Waals surface area contributed by atoms with Crippen LogP contribution in [0.2, 0.25) is 0 Å². The summed E-state index contributed by atoms with van der Waals surface area (Å²) in [4.78, 5) is 13.6. The molecule has 1 aromatic rings. The van der Waals surface area contributed by atoms with Crippen LogP contribution in [0.4, 0.5) is 0 Å². The van der Waals surface area contributed by atoms with E-state index in [1.54, 1.807) is 19.2 Å². The SMILES string of the molecule is CCCN(CC(=O)NC)C(C)c1ccccc1O. The molecule has 100 valence electrons. The number of carbonyl (C=O) groups is 1. The minimum atomic E-state index is -0.00859. The standard InChI is InChI=1S/C14H22N2O2/c1-4-9-16(10-14(18)15-3)11(2)12-7-5-6-8-13(12)17/h5-8,11,17H,4,9-10H2,1-3H3,(H,15,18). The number of aromatic hydroxyl groups is 1. The number of amides is 1. The van der Waals surface area contributed by atoms with E-state index in [1.807, 2.05) is 19.1 Å². The molecule has 0 aliphatic rings. The van der Waals surface area contributed by atoms with Crippen LogP contribution < -0.4 is 5.32 Å². The van der Waals surface area contributed by atoms with Crippen molar-refractivity contribution >= 4 is 5.91 Å². The van der Waals surface area contributed by atoms with Gasteiger partial charge in [0, 0.05) is 18.7 Å². The Labute approximate surface area is 109 Å². The third kappa shape index (κ3) is 3.74. The smallest absolute Gasteiger partial charge is 0.233 e. The van der Waals surface area contributed by atoms with E-state index in [0.717, 1.165) is 18.5 Å². The van der Waals surface area contributed by atoms with Gasteiger partial charge in [-0.3, -0.25) is 9.69 Å². The van der Waals surface area contributed by atoms with Crippen molar-refractivity contribution < 1.29 is 9.90 Å². The fraction of sp³-hybridized carbons (Fsp3) is 0.500. The van der Waals surface area contributed by atoms with E-state index in [-0.39, 0.29) is 17.7 Å². The molecular formula is C14H22N2O2. The molecule has 4 heteroatoms. The second kappa shape index (κ2) is 7.01. The average molecular weight is 250 g/mol. The van der Waals surface area contributed by atoms with Crippen LogP contribution in [0.5, 0.6) is 5.75 Å². The fourth-order valence-corrected chi connectivity index (χ4v) is 2.00. The molecule has 0 heterocycles. The third-order valence-corrected chi connectivity index (χ3v) is 3.07. The maximum absolute atomic E-state index is 11.5. The lowest BCUT2D eigenvalue weighted by molar-refractivity contribution is -0.122. The number of rotatable bonds is 6. The van der Waals surface area contributed by atoms with Crippen molar-refractivity contribution in [3.8, 4) is 5.75 Å². The lowest BCUT2D eigenvalue weighted by Gasteiger charge is -2.28. The summed E-state index contributed by atoms with van der Waals surface area (Å²) < 4.78 is 0. The largest absolute Gasteiger partial charge is 0.508 e. The third-order valence-electron chi connectivity index (χ3n) is 3.07. The van der Waals surface area contributed by atoms with E-state index in [1.165, 1.54) is 0 Å². The molecule has 0 spiro atoms. The number of carbonyl (C=O) groups excluding carboxylic acids is 1. The van der Waals surface area contributed by atoms with Crippen LogP contribution in [0, 0.1) is 0 Å². The summed E-state index contributed by atoms with van der Waals surface area (Å²) in [5, 5.41) is 12.5. The maximum Gasteiger partial charge on any atom is 0.233 e. The predicted molar refractivity (Wildman–Crippen MR) is 72.5 cm³/mol. The van der Waals surface area contributed by atoms with E-state index >= 15 is 0 Å². The molecule has 0 aliphatic heterocycles. The van der Waals surface area contributed by atoms with Gasteiger partial charge >= 0.3 is 0 Å². The number of phenols is 1. The average Bonchev–Trinajstić information content (AvgIpc) is 2.38. The van der Waals surface area contributed by atoms with Gasteiger partial charge in [-0.1, -0.05) is 25.1 Å². The summed E-state index contributed by atoms with van der Waals surface area (Å²) in [7, 11) is 1.64. The zero-order valence-electron chi connectivity index (χ0n) is 11.3. The molecule has 0 bridgehead atoms. The van der Waals surface area contributed by atoms with Gasteiger partial charge in [-0.2, -0.15) is 0 Å². The van der Waals surface area contributed by atoms with E-state index in [4.69, 9.17) is 0 Å². The molecule has 1 atom stereocenters. The number of benzene rings is 1. The molecule has 0 fully saturated rings. The molecule has 0 saturated heterocycles. The molecule has 1 rings (SSSR count). The molecule has 4 nitrogen and oxygen atoms in total. The minimum Gasteiger partial charge on any atom is -0.508 e. The van der Waals surface area contributed by atoms with Gasteiger partial charge in [0.2, 0.25) is 5.91 Å². The van der Waals surface area contributed by atoms with Gasteiger partial charge in [0.1, 0.15) is 5.75 Å². The Hall–Kier alpha value is -1.55.